The molecule has 1 aliphatic heterocycles. The van der Waals surface area contributed by atoms with Crippen molar-refractivity contribution in [3.63, 3.8) is 0 Å². The third-order valence-corrected chi connectivity index (χ3v) is 8.49. The van der Waals surface area contributed by atoms with Gasteiger partial charge in [0, 0.05) is 12.0 Å². The van der Waals surface area contributed by atoms with Gasteiger partial charge in [-0.25, -0.2) is 4.99 Å². The van der Waals surface area contributed by atoms with E-state index in [4.69, 9.17) is 15.5 Å². The minimum Gasteiger partial charge on any atom is -0.371 e. The van der Waals surface area contributed by atoms with Gasteiger partial charge in [0.05, 0.1) is 17.8 Å². The highest BCUT2D eigenvalue weighted by atomic mass is 127. The second kappa shape index (κ2) is 12.4. The number of nitrogens with zero attached hydrogens (tertiary/aromatic N) is 2. The van der Waals surface area contributed by atoms with Crippen molar-refractivity contribution in [1.29, 1.82) is 0 Å². The predicted octanol–water partition coefficient (Wildman–Crippen LogP) is 6.08. The Morgan fingerprint density at radius 1 is 0.974 bits per heavy atom. The van der Waals surface area contributed by atoms with Crippen LogP contribution in [0.5, 0.6) is 0 Å². The number of alkyl halides is 1. The molecule has 39 heavy (non-hydrogen) atoms. The summed E-state index contributed by atoms with van der Waals surface area (Å²) in [7, 11) is 0. The molecule has 3 aromatic carbocycles. The number of halogens is 1. The van der Waals surface area contributed by atoms with Crippen molar-refractivity contribution in [2.45, 2.75) is 44.2 Å². The molecule has 1 fully saturated rings. The van der Waals surface area contributed by atoms with Crippen molar-refractivity contribution in [1.82, 2.24) is 4.90 Å². The molecule has 1 unspecified atom stereocenters. The summed E-state index contributed by atoms with van der Waals surface area (Å²) in [5, 5.41) is 0. The van der Waals surface area contributed by atoms with Crippen LogP contribution in [0.4, 0.5) is 0 Å². The highest BCUT2D eigenvalue weighted by molar-refractivity contribution is 14.1. The number of carbonyl (C=O) groups is 2. The Labute approximate surface area is 243 Å². The summed E-state index contributed by atoms with van der Waals surface area (Å²) >= 11 is 2.24. The Hall–Kier alpha value is -3.04. The fraction of sp³-hybridized carbons (Fsp3) is 0.344. The molecule has 0 bridgehead atoms. The van der Waals surface area contributed by atoms with Crippen molar-refractivity contribution in [3.8, 4) is 0 Å². The number of carbonyl (C=O) groups excluding carboxylic acids is 2. The van der Waals surface area contributed by atoms with Crippen LogP contribution >= 0.6 is 22.6 Å². The number of ether oxygens (including phenoxy) is 1. The van der Waals surface area contributed by atoms with E-state index in [9.17, 15) is 9.59 Å². The quantitative estimate of drug-likeness (QED) is 0.157. The molecule has 0 spiro atoms. The van der Waals surface area contributed by atoms with Gasteiger partial charge in [-0.1, -0.05) is 114 Å². The van der Waals surface area contributed by atoms with E-state index < -0.39 is 5.54 Å². The molecule has 202 valence electrons. The van der Waals surface area contributed by atoms with E-state index in [0.29, 0.717) is 28.4 Å². The molecule has 0 radical (unpaired) electrons. The van der Waals surface area contributed by atoms with E-state index >= 15 is 0 Å². The molecule has 2 aliphatic rings. The molecule has 2 N–H and O–H groups in total. The maximum absolute atomic E-state index is 14.1. The average molecular weight is 636 g/mol. The lowest BCUT2D eigenvalue weighted by Gasteiger charge is -2.27. The number of hydrogen-bond donors (Lipinski definition) is 1. The molecule has 5 rings (SSSR count). The summed E-state index contributed by atoms with van der Waals surface area (Å²) in [4.78, 5) is 33.5. The number of aliphatic imine (C=N–C) groups is 1. The van der Waals surface area contributed by atoms with Crippen LogP contribution in [0.3, 0.4) is 0 Å². The number of amides is 1. The zero-order valence-electron chi connectivity index (χ0n) is 22.0. The summed E-state index contributed by atoms with van der Waals surface area (Å²) in [6.07, 6.45) is 4.98. The number of ketones is 1. The Morgan fingerprint density at radius 3 is 2.31 bits per heavy atom. The van der Waals surface area contributed by atoms with E-state index in [0.717, 1.165) is 29.7 Å². The molecule has 1 amide bonds. The molecule has 7 heteroatoms. The summed E-state index contributed by atoms with van der Waals surface area (Å²) in [6, 6.07) is 26.6. The predicted molar refractivity (Wildman–Crippen MR) is 162 cm³/mol. The summed E-state index contributed by atoms with van der Waals surface area (Å²) in [5.74, 6) is 1.20. The topological polar surface area (TPSA) is 85.0 Å². The Kier molecular flexibility index (Phi) is 8.77. The van der Waals surface area contributed by atoms with Crippen molar-refractivity contribution < 1.29 is 14.3 Å². The van der Waals surface area contributed by atoms with E-state index in [2.05, 4.69) is 22.6 Å². The molecule has 1 aliphatic carbocycles. The van der Waals surface area contributed by atoms with Gasteiger partial charge in [0.15, 0.2) is 17.3 Å². The molecule has 3 aromatic rings. The van der Waals surface area contributed by atoms with Gasteiger partial charge in [0.1, 0.15) is 0 Å². The maximum atomic E-state index is 14.1. The minimum atomic E-state index is -1.24. The van der Waals surface area contributed by atoms with Gasteiger partial charge in [-0.2, -0.15) is 0 Å². The average Bonchev–Trinajstić information content (AvgIpc) is 3.53. The molecule has 1 saturated carbocycles. The molecule has 2 atom stereocenters. The second-order valence-electron chi connectivity index (χ2n) is 10.4. The summed E-state index contributed by atoms with van der Waals surface area (Å²) in [6.45, 7) is 1.03. The van der Waals surface area contributed by atoms with Crippen molar-refractivity contribution >= 4 is 40.2 Å². The van der Waals surface area contributed by atoms with Crippen LogP contribution in [-0.4, -0.2) is 33.8 Å². The monoisotopic (exact) mass is 635 g/mol. The molecule has 6 nitrogen and oxygen atoms in total. The van der Waals surface area contributed by atoms with Crippen molar-refractivity contribution in [3.05, 3.63) is 107 Å². The molecular formula is C32H34IN3O3. The van der Waals surface area contributed by atoms with E-state index in [1.807, 2.05) is 84.9 Å². The van der Waals surface area contributed by atoms with E-state index in [1.165, 1.54) is 24.2 Å². The number of guanidine groups is 1. The third kappa shape index (κ3) is 5.79. The highest BCUT2D eigenvalue weighted by Crippen LogP contribution is 2.40. The maximum Gasteiger partial charge on any atom is 0.266 e. The minimum absolute atomic E-state index is 0.134. The van der Waals surface area contributed by atoms with Crippen molar-refractivity contribution in [2.24, 2.45) is 22.6 Å². The Bertz CT molecular complexity index is 1290. The van der Waals surface area contributed by atoms with Crippen LogP contribution in [-0.2, 0) is 21.6 Å². The largest absolute Gasteiger partial charge is 0.371 e. The Balaban J connectivity index is 1.32. The van der Waals surface area contributed by atoms with Crippen LogP contribution in [0.2, 0.25) is 0 Å². The molecule has 0 saturated heterocycles. The van der Waals surface area contributed by atoms with Gasteiger partial charge in [0.2, 0.25) is 0 Å². The lowest BCUT2D eigenvalue weighted by molar-refractivity contribution is -0.130. The van der Waals surface area contributed by atoms with Gasteiger partial charge >= 0.3 is 0 Å². The lowest BCUT2D eigenvalue weighted by atomic mass is 9.83. The van der Waals surface area contributed by atoms with Crippen LogP contribution < -0.4 is 5.73 Å². The SMILES string of the molecule is NC1=NC(c2ccccc2)(c2ccccc2)C(=O)N1Cc1cccc(C(=O)CCC2CCC[C@@H]2COCI)c1. The summed E-state index contributed by atoms with van der Waals surface area (Å²) in [5.41, 5.74) is 8.22. The first-order valence-electron chi connectivity index (χ1n) is 13.6. The fourth-order valence-corrected chi connectivity index (χ4v) is 6.28. The lowest BCUT2D eigenvalue weighted by Crippen LogP contribution is -2.43. The van der Waals surface area contributed by atoms with Crippen LogP contribution in [0.15, 0.2) is 89.9 Å². The molecule has 1 heterocycles. The second-order valence-corrected chi connectivity index (χ2v) is 11.0. The number of benzene rings is 3. The zero-order chi connectivity index (χ0) is 27.2. The van der Waals surface area contributed by atoms with E-state index in [1.54, 1.807) is 0 Å². The molecule has 0 aromatic heterocycles. The van der Waals surface area contributed by atoms with Gasteiger partial charge in [0.25, 0.3) is 5.91 Å². The first-order valence-corrected chi connectivity index (χ1v) is 15.1. The van der Waals surface area contributed by atoms with Crippen LogP contribution in [0, 0.1) is 11.8 Å². The molecular weight excluding hydrogens is 601 g/mol. The van der Waals surface area contributed by atoms with E-state index in [-0.39, 0.29) is 24.2 Å². The fourth-order valence-electron chi connectivity index (χ4n) is 6.03. The third-order valence-electron chi connectivity index (χ3n) is 8.05. The highest BCUT2D eigenvalue weighted by Gasteiger charge is 2.50. The van der Waals surface area contributed by atoms with Crippen LogP contribution in [0.1, 0.15) is 59.2 Å². The summed E-state index contributed by atoms with van der Waals surface area (Å²) < 4.78 is 6.36. The smallest absolute Gasteiger partial charge is 0.266 e. The number of nitrogens with two attached hydrogens (primary N) is 1. The number of hydrogen-bond acceptors (Lipinski definition) is 5. The number of rotatable bonds is 11. The van der Waals surface area contributed by atoms with Gasteiger partial charge in [-0.05, 0) is 47.4 Å². The first-order chi connectivity index (χ1) is 19.0. The van der Waals surface area contributed by atoms with Gasteiger partial charge < -0.3 is 10.5 Å². The van der Waals surface area contributed by atoms with Gasteiger partial charge in [-0.15, -0.1) is 0 Å². The Morgan fingerprint density at radius 2 is 1.64 bits per heavy atom. The number of Topliss-reactive ketones (excluding diaryl/α,β-unsaturated/α-hetero) is 1. The zero-order valence-corrected chi connectivity index (χ0v) is 24.1. The van der Waals surface area contributed by atoms with Crippen molar-refractivity contribution in [2.75, 3.05) is 11.2 Å². The van der Waals surface area contributed by atoms with Crippen LogP contribution in [0.25, 0.3) is 0 Å². The standard InChI is InChI=1S/C32H34IN3O3/c33-22-39-21-26-12-8-10-24(26)17-18-29(37)25-11-7-9-23(19-25)20-36-30(38)32(35-31(36)34,27-13-3-1-4-14-27)28-15-5-2-6-16-28/h1-7,9,11,13-16,19,24,26H,8,10,12,17-18,20-22H2,(H2,34,35)/t24?,26-/m1/s1. The first kappa shape index (κ1) is 27.5. The normalized spacial score (nSPS) is 20.3. The van der Waals surface area contributed by atoms with Gasteiger partial charge in [-0.3, -0.25) is 14.5 Å².